The highest BCUT2D eigenvalue weighted by Crippen LogP contribution is 2.26. The molecule has 0 spiro atoms. The molecule has 1 heterocycles. The number of amides is 1. The average molecular weight is 370 g/mol. The number of nitrogens with zero attached hydrogens (tertiary/aromatic N) is 2. The van der Waals surface area contributed by atoms with Gasteiger partial charge in [-0.3, -0.25) is 4.79 Å². The van der Waals surface area contributed by atoms with Gasteiger partial charge in [-0.1, -0.05) is 0 Å². The number of hydrogen-bond donors (Lipinski definition) is 2. The molecule has 19 heavy (non-hydrogen) atoms. The van der Waals surface area contributed by atoms with E-state index in [9.17, 15) is 4.79 Å². The Hall–Kier alpha value is -1.44. The minimum Gasteiger partial charge on any atom is -0.380 e. The Bertz CT molecular complexity index is 627. The van der Waals surface area contributed by atoms with Crippen LogP contribution >= 0.6 is 22.6 Å². The molecule has 0 aliphatic rings. The van der Waals surface area contributed by atoms with Crippen LogP contribution in [0.2, 0.25) is 0 Å². The Balaban J connectivity index is 2.69. The summed E-state index contributed by atoms with van der Waals surface area (Å²) >= 11 is 2.23. The second-order valence-corrected chi connectivity index (χ2v) is 5.71. The first-order valence-corrected chi connectivity index (χ1v) is 7.05. The maximum absolute atomic E-state index is 11.9. The molecule has 5 nitrogen and oxygen atoms in total. The fourth-order valence-electron chi connectivity index (χ4n) is 1.79. The first-order chi connectivity index (χ1) is 9.02. The molecule has 100 valence electrons. The van der Waals surface area contributed by atoms with Crippen LogP contribution in [-0.4, -0.2) is 29.2 Å². The molecule has 0 unspecified atom stereocenters. The summed E-state index contributed by atoms with van der Waals surface area (Å²) in [7, 11) is 1.58. The number of aromatic nitrogens is 2. The van der Waals surface area contributed by atoms with E-state index >= 15 is 0 Å². The zero-order valence-corrected chi connectivity index (χ0v) is 13.1. The van der Waals surface area contributed by atoms with Crippen molar-refractivity contribution in [2.75, 3.05) is 12.4 Å². The summed E-state index contributed by atoms with van der Waals surface area (Å²) < 4.78 is 1.09. The summed E-state index contributed by atoms with van der Waals surface area (Å²) in [6, 6.07) is 6.10. The van der Waals surface area contributed by atoms with Gasteiger partial charge in [-0.05, 0) is 54.6 Å². The number of fused-ring (bicyclic) bond motifs is 1. The van der Waals surface area contributed by atoms with Gasteiger partial charge < -0.3 is 10.6 Å². The number of anilines is 1. The summed E-state index contributed by atoms with van der Waals surface area (Å²) in [5, 5.41) is 14.9. The Labute approximate surface area is 125 Å². The summed E-state index contributed by atoms with van der Waals surface area (Å²) in [5.41, 5.74) is 1.84. The van der Waals surface area contributed by atoms with E-state index < -0.39 is 0 Å². The molecule has 0 atom stereocenters. The SMILES string of the molecule is CNC(=O)c1nnc2cc(I)ccc2c1NC(C)C. The second-order valence-electron chi connectivity index (χ2n) is 4.46. The van der Waals surface area contributed by atoms with Crippen LogP contribution in [0.1, 0.15) is 24.3 Å². The van der Waals surface area contributed by atoms with Crippen molar-refractivity contribution in [2.24, 2.45) is 0 Å². The molecule has 2 rings (SSSR count). The summed E-state index contributed by atoms with van der Waals surface area (Å²) in [6.45, 7) is 4.04. The lowest BCUT2D eigenvalue weighted by molar-refractivity contribution is 0.0958. The topological polar surface area (TPSA) is 66.9 Å². The van der Waals surface area contributed by atoms with Crippen molar-refractivity contribution in [2.45, 2.75) is 19.9 Å². The number of hydrogen-bond acceptors (Lipinski definition) is 4. The van der Waals surface area contributed by atoms with E-state index in [1.165, 1.54) is 0 Å². The van der Waals surface area contributed by atoms with Crippen LogP contribution in [0.5, 0.6) is 0 Å². The van der Waals surface area contributed by atoms with E-state index in [0.29, 0.717) is 5.69 Å². The third-order valence-corrected chi connectivity index (χ3v) is 3.27. The Morgan fingerprint density at radius 1 is 1.32 bits per heavy atom. The van der Waals surface area contributed by atoms with Crippen molar-refractivity contribution in [1.29, 1.82) is 0 Å². The summed E-state index contributed by atoms with van der Waals surface area (Å²) in [5.74, 6) is -0.240. The standard InChI is InChI=1S/C13H15IN4O/c1-7(2)16-11-9-5-4-8(14)6-10(9)17-18-12(11)13(19)15-3/h4-7H,1-3H3,(H,15,19)(H,16,17). The van der Waals surface area contributed by atoms with Crippen molar-refractivity contribution >= 4 is 45.1 Å². The Morgan fingerprint density at radius 2 is 2.05 bits per heavy atom. The number of carbonyl (C=O) groups excluding carboxylic acids is 1. The van der Waals surface area contributed by atoms with Crippen molar-refractivity contribution in [3.05, 3.63) is 27.5 Å². The van der Waals surface area contributed by atoms with Crippen molar-refractivity contribution < 1.29 is 4.79 Å². The highest BCUT2D eigenvalue weighted by Gasteiger charge is 2.17. The largest absolute Gasteiger partial charge is 0.380 e. The minimum atomic E-state index is -0.240. The van der Waals surface area contributed by atoms with E-state index in [-0.39, 0.29) is 11.9 Å². The van der Waals surface area contributed by atoms with E-state index in [0.717, 1.165) is 20.2 Å². The van der Waals surface area contributed by atoms with Gasteiger partial charge in [0.1, 0.15) is 0 Å². The van der Waals surface area contributed by atoms with E-state index in [2.05, 4.69) is 43.4 Å². The molecule has 2 N–H and O–H groups in total. The normalized spacial score (nSPS) is 10.8. The van der Waals surface area contributed by atoms with Gasteiger partial charge in [-0.15, -0.1) is 10.2 Å². The summed E-state index contributed by atoms with van der Waals surface area (Å²) in [6.07, 6.45) is 0. The van der Waals surface area contributed by atoms with Crippen LogP contribution in [0.4, 0.5) is 5.69 Å². The van der Waals surface area contributed by atoms with E-state index in [1.54, 1.807) is 7.05 Å². The molecule has 0 bridgehead atoms. The van der Waals surface area contributed by atoms with Gasteiger partial charge in [0.2, 0.25) is 0 Å². The molecule has 0 radical (unpaired) electrons. The van der Waals surface area contributed by atoms with Gasteiger partial charge in [-0.25, -0.2) is 0 Å². The average Bonchev–Trinajstić information content (AvgIpc) is 2.37. The quantitative estimate of drug-likeness (QED) is 0.815. The van der Waals surface area contributed by atoms with Crippen molar-refractivity contribution in [3.63, 3.8) is 0 Å². The summed E-state index contributed by atoms with van der Waals surface area (Å²) in [4.78, 5) is 11.9. The van der Waals surface area contributed by atoms with Gasteiger partial charge in [0.05, 0.1) is 11.2 Å². The predicted molar refractivity (Wildman–Crippen MR) is 84.4 cm³/mol. The molecule has 0 aliphatic heterocycles. The van der Waals surface area contributed by atoms with Crippen LogP contribution in [0.3, 0.4) is 0 Å². The first kappa shape index (κ1) is 14.0. The molecule has 1 aromatic carbocycles. The van der Waals surface area contributed by atoms with E-state index in [4.69, 9.17) is 0 Å². The van der Waals surface area contributed by atoms with Gasteiger partial charge in [0, 0.05) is 22.0 Å². The molecular weight excluding hydrogens is 355 g/mol. The van der Waals surface area contributed by atoms with Crippen LogP contribution in [0.15, 0.2) is 18.2 Å². The predicted octanol–water partition coefficient (Wildman–Crippen LogP) is 2.41. The zero-order valence-electron chi connectivity index (χ0n) is 11.0. The number of carbonyl (C=O) groups is 1. The van der Waals surface area contributed by atoms with Crippen molar-refractivity contribution in [1.82, 2.24) is 15.5 Å². The minimum absolute atomic E-state index is 0.204. The lowest BCUT2D eigenvalue weighted by Crippen LogP contribution is -2.23. The monoisotopic (exact) mass is 370 g/mol. The lowest BCUT2D eigenvalue weighted by atomic mass is 10.1. The molecule has 1 amide bonds. The van der Waals surface area contributed by atoms with E-state index in [1.807, 2.05) is 32.0 Å². The van der Waals surface area contributed by atoms with Gasteiger partial charge in [0.25, 0.3) is 5.91 Å². The molecule has 0 aliphatic carbocycles. The molecule has 6 heteroatoms. The third kappa shape index (κ3) is 2.94. The fraction of sp³-hybridized carbons (Fsp3) is 0.308. The van der Waals surface area contributed by atoms with Gasteiger partial charge in [-0.2, -0.15) is 0 Å². The highest BCUT2D eigenvalue weighted by atomic mass is 127. The van der Waals surface area contributed by atoms with Crippen LogP contribution in [0, 0.1) is 3.57 Å². The van der Waals surface area contributed by atoms with Gasteiger partial charge in [0.15, 0.2) is 5.69 Å². The maximum atomic E-state index is 11.9. The van der Waals surface area contributed by atoms with Crippen LogP contribution < -0.4 is 10.6 Å². The van der Waals surface area contributed by atoms with Crippen LogP contribution in [0.25, 0.3) is 10.9 Å². The number of halogens is 1. The van der Waals surface area contributed by atoms with Gasteiger partial charge >= 0.3 is 0 Å². The van der Waals surface area contributed by atoms with Crippen molar-refractivity contribution in [3.8, 4) is 0 Å². The zero-order chi connectivity index (χ0) is 14.0. The lowest BCUT2D eigenvalue weighted by Gasteiger charge is -2.15. The molecular formula is C13H15IN4O. The number of benzene rings is 1. The molecule has 2 aromatic rings. The number of nitrogens with one attached hydrogen (secondary N) is 2. The smallest absolute Gasteiger partial charge is 0.273 e. The second kappa shape index (κ2) is 5.68. The molecule has 1 aromatic heterocycles. The Morgan fingerprint density at radius 3 is 2.68 bits per heavy atom. The molecule has 0 fully saturated rings. The molecule has 0 saturated carbocycles. The number of rotatable bonds is 3. The van der Waals surface area contributed by atoms with Crippen LogP contribution in [-0.2, 0) is 0 Å². The molecule has 0 saturated heterocycles. The Kier molecular flexibility index (Phi) is 4.18. The fourth-order valence-corrected chi connectivity index (χ4v) is 2.27. The highest BCUT2D eigenvalue weighted by molar-refractivity contribution is 14.1. The first-order valence-electron chi connectivity index (χ1n) is 5.97. The third-order valence-electron chi connectivity index (χ3n) is 2.60. The maximum Gasteiger partial charge on any atom is 0.273 e.